The van der Waals surface area contributed by atoms with Crippen LogP contribution < -0.4 is 15.8 Å². The van der Waals surface area contributed by atoms with Gasteiger partial charge in [-0.3, -0.25) is 0 Å². The molecule has 33 heavy (non-hydrogen) atoms. The number of rotatable bonds is 7. The summed E-state index contributed by atoms with van der Waals surface area (Å²) in [6.07, 6.45) is 0.850. The molecule has 3 aromatic heterocycles. The van der Waals surface area contributed by atoms with E-state index in [4.69, 9.17) is 15.5 Å². The Balaban J connectivity index is 1.64. The van der Waals surface area contributed by atoms with Gasteiger partial charge in [-0.15, -0.1) is 16.4 Å². The molecular formula is C24H21FN6OS. The van der Waals surface area contributed by atoms with Crippen LogP contribution in [0.15, 0.2) is 66.0 Å². The van der Waals surface area contributed by atoms with Gasteiger partial charge in [0.1, 0.15) is 17.4 Å². The maximum absolute atomic E-state index is 13.9. The number of methoxy groups -OCH3 is 1. The van der Waals surface area contributed by atoms with E-state index in [1.165, 1.54) is 21.7 Å². The zero-order valence-corrected chi connectivity index (χ0v) is 18.6. The molecular weight excluding hydrogens is 439 g/mol. The molecule has 0 aliphatic carbocycles. The lowest BCUT2D eigenvalue weighted by Gasteiger charge is -2.11. The summed E-state index contributed by atoms with van der Waals surface area (Å²) in [5, 5.41) is 10.5. The number of ether oxygens (including phenoxy) is 1. The van der Waals surface area contributed by atoms with Crippen LogP contribution in [0.4, 0.5) is 16.2 Å². The standard InChI is InChI=1S/C24H21FN6OS/c1-32-19-10-3-2-9-18(19)21-20-22(26)31(16-7-4-6-15(25)14-16)30-23(20)29-24(28-21)27-12-11-17-8-5-13-33-17/h2-10,13-14H,11-12,26H2,1H3,(H,27,29,30). The lowest BCUT2D eigenvalue weighted by Crippen LogP contribution is -2.08. The van der Waals surface area contributed by atoms with E-state index in [-0.39, 0.29) is 5.82 Å². The molecule has 9 heteroatoms. The molecule has 0 spiro atoms. The summed E-state index contributed by atoms with van der Waals surface area (Å²) in [7, 11) is 1.61. The molecule has 5 aromatic rings. The zero-order valence-electron chi connectivity index (χ0n) is 17.8. The van der Waals surface area contributed by atoms with Crippen LogP contribution in [0.5, 0.6) is 5.75 Å². The number of nitrogen functional groups attached to an aromatic ring is 1. The molecule has 0 radical (unpaired) electrons. The quantitative estimate of drug-likeness (QED) is 0.358. The van der Waals surface area contributed by atoms with Crippen molar-refractivity contribution in [1.29, 1.82) is 0 Å². The van der Waals surface area contributed by atoms with Crippen molar-refractivity contribution in [1.82, 2.24) is 19.7 Å². The van der Waals surface area contributed by atoms with Gasteiger partial charge in [0.05, 0.1) is 23.9 Å². The van der Waals surface area contributed by atoms with E-state index in [0.29, 0.717) is 46.5 Å². The summed E-state index contributed by atoms with van der Waals surface area (Å²) >= 11 is 1.71. The van der Waals surface area contributed by atoms with Crippen LogP contribution in [0.2, 0.25) is 0 Å². The first kappa shape index (κ1) is 20.9. The fourth-order valence-corrected chi connectivity index (χ4v) is 4.39. The third-order valence-electron chi connectivity index (χ3n) is 5.22. The Kier molecular flexibility index (Phi) is 5.62. The largest absolute Gasteiger partial charge is 0.496 e. The number of hydrogen-bond acceptors (Lipinski definition) is 7. The average molecular weight is 461 g/mol. The van der Waals surface area contributed by atoms with E-state index in [2.05, 4.69) is 26.8 Å². The summed E-state index contributed by atoms with van der Waals surface area (Å²) in [5.41, 5.74) is 8.77. The van der Waals surface area contributed by atoms with Crippen LogP contribution in [0.3, 0.4) is 0 Å². The second kappa shape index (κ2) is 8.87. The second-order valence-electron chi connectivity index (χ2n) is 7.33. The Hall–Kier alpha value is -3.98. The van der Waals surface area contributed by atoms with Crippen LogP contribution in [0, 0.1) is 5.82 Å². The third kappa shape index (κ3) is 4.10. The predicted octanol–water partition coefficient (Wildman–Crippen LogP) is 4.93. The van der Waals surface area contributed by atoms with Gasteiger partial charge in [-0.05, 0) is 48.2 Å². The van der Waals surface area contributed by atoms with Crippen LogP contribution in [0.25, 0.3) is 28.0 Å². The maximum atomic E-state index is 13.9. The summed E-state index contributed by atoms with van der Waals surface area (Å²) in [6, 6.07) is 17.8. The zero-order chi connectivity index (χ0) is 22.8. The van der Waals surface area contributed by atoms with E-state index < -0.39 is 0 Å². The van der Waals surface area contributed by atoms with Crippen LogP contribution in [-0.2, 0) is 6.42 Å². The Labute approximate surface area is 193 Å². The number of halogens is 1. The van der Waals surface area contributed by atoms with Gasteiger partial charge in [-0.2, -0.15) is 4.98 Å². The van der Waals surface area contributed by atoms with Gasteiger partial charge in [0.15, 0.2) is 5.65 Å². The molecule has 2 aromatic carbocycles. The van der Waals surface area contributed by atoms with Gasteiger partial charge in [0.25, 0.3) is 0 Å². The Morgan fingerprint density at radius 3 is 2.76 bits per heavy atom. The molecule has 0 aliphatic heterocycles. The van der Waals surface area contributed by atoms with Gasteiger partial charge in [-0.1, -0.05) is 24.3 Å². The van der Waals surface area contributed by atoms with Crippen molar-refractivity contribution < 1.29 is 9.13 Å². The van der Waals surface area contributed by atoms with Gasteiger partial charge in [-0.25, -0.2) is 14.1 Å². The molecule has 0 saturated carbocycles. The summed E-state index contributed by atoms with van der Waals surface area (Å²) in [4.78, 5) is 10.6. The molecule has 3 N–H and O–H groups in total. The Morgan fingerprint density at radius 2 is 1.97 bits per heavy atom. The molecule has 0 fully saturated rings. The molecule has 0 amide bonds. The summed E-state index contributed by atoms with van der Waals surface area (Å²) in [5.74, 6) is 1.03. The first-order valence-corrected chi connectivity index (χ1v) is 11.2. The molecule has 0 unspecified atom stereocenters. The fourth-order valence-electron chi connectivity index (χ4n) is 3.68. The van der Waals surface area contributed by atoms with E-state index in [9.17, 15) is 4.39 Å². The Bertz CT molecular complexity index is 1420. The van der Waals surface area contributed by atoms with Crippen molar-refractivity contribution in [2.45, 2.75) is 6.42 Å². The molecule has 3 heterocycles. The van der Waals surface area contributed by atoms with Gasteiger partial charge in [0.2, 0.25) is 5.95 Å². The van der Waals surface area contributed by atoms with Crippen molar-refractivity contribution >= 4 is 34.1 Å². The van der Waals surface area contributed by atoms with Crippen molar-refractivity contribution in [2.24, 2.45) is 0 Å². The monoisotopic (exact) mass is 460 g/mol. The number of aromatic nitrogens is 4. The number of para-hydroxylation sites is 1. The van der Waals surface area contributed by atoms with Crippen molar-refractivity contribution in [2.75, 3.05) is 24.7 Å². The SMILES string of the molecule is COc1ccccc1-c1nc(NCCc2cccs2)nc2nn(-c3cccc(F)c3)c(N)c12. The first-order chi connectivity index (χ1) is 16.1. The molecule has 166 valence electrons. The topological polar surface area (TPSA) is 90.9 Å². The van der Waals surface area contributed by atoms with E-state index >= 15 is 0 Å². The molecule has 7 nitrogen and oxygen atoms in total. The van der Waals surface area contributed by atoms with E-state index in [1.54, 1.807) is 30.6 Å². The highest BCUT2D eigenvalue weighted by Crippen LogP contribution is 2.37. The van der Waals surface area contributed by atoms with Crippen molar-refractivity contribution in [3.05, 3.63) is 76.7 Å². The van der Waals surface area contributed by atoms with E-state index in [1.807, 2.05) is 30.3 Å². The number of nitrogens with one attached hydrogen (secondary N) is 1. The number of benzene rings is 2. The smallest absolute Gasteiger partial charge is 0.225 e. The number of nitrogens with zero attached hydrogens (tertiary/aromatic N) is 4. The maximum Gasteiger partial charge on any atom is 0.225 e. The van der Waals surface area contributed by atoms with Crippen LogP contribution in [0.1, 0.15) is 4.88 Å². The first-order valence-electron chi connectivity index (χ1n) is 10.4. The Morgan fingerprint density at radius 1 is 1.09 bits per heavy atom. The second-order valence-corrected chi connectivity index (χ2v) is 8.36. The number of anilines is 2. The van der Waals surface area contributed by atoms with Crippen LogP contribution in [-0.4, -0.2) is 33.4 Å². The number of thiophene rings is 1. The van der Waals surface area contributed by atoms with Crippen LogP contribution >= 0.6 is 11.3 Å². The lowest BCUT2D eigenvalue weighted by molar-refractivity contribution is 0.416. The van der Waals surface area contributed by atoms with E-state index in [0.717, 1.165) is 12.0 Å². The molecule has 0 atom stereocenters. The minimum atomic E-state index is -0.376. The van der Waals surface area contributed by atoms with Crippen molar-refractivity contribution in [3.63, 3.8) is 0 Å². The minimum Gasteiger partial charge on any atom is -0.496 e. The molecule has 5 rings (SSSR count). The lowest BCUT2D eigenvalue weighted by atomic mass is 10.1. The number of nitrogens with two attached hydrogens (primary N) is 1. The highest BCUT2D eigenvalue weighted by Gasteiger charge is 2.21. The molecule has 0 saturated heterocycles. The van der Waals surface area contributed by atoms with Gasteiger partial charge in [0, 0.05) is 17.0 Å². The highest BCUT2D eigenvalue weighted by atomic mass is 32.1. The predicted molar refractivity (Wildman–Crippen MR) is 130 cm³/mol. The number of fused-ring (bicyclic) bond motifs is 1. The minimum absolute atomic E-state index is 0.321. The number of hydrogen-bond donors (Lipinski definition) is 2. The third-order valence-corrected chi connectivity index (χ3v) is 6.15. The fraction of sp³-hybridized carbons (Fsp3) is 0.125. The highest BCUT2D eigenvalue weighted by molar-refractivity contribution is 7.09. The van der Waals surface area contributed by atoms with Crippen molar-refractivity contribution in [3.8, 4) is 22.7 Å². The normalized spacial score (nSPS) is 11.1. The summed E-state index contributed by atoms with van der Waals surface area (Å²) in [6.45, 7) is 0.664. The average Bonchev–Trinajstić information content (AvgIpc) is 3.46. The van der Waals surface area contributed by atoms with Gasteiger partial charge < -0.3 is 15.8 Å². The summed E-state index contributed by atoms with van der Waals surface area (Å²) < 4.78 is 20.9. The molecule has 0 aliphatic rings. The molecule has 0 bridgehead atoms. The van der Waals surface area contributed by atoms with Gasteiger partial charge >= 0.3 is 0 Å².